The van der Waals surface area contributed by atoms with Crippen LogP contribution < -0.4 is 26.7 Å². The number of carbonyl (C=O) groups excluding carboxylic acids is 1. The summed E-state index contributed by atoms with van der Waals surface area (Å²) in [6, 6.07) is 7.77. The van der Waals surface area contributed by atoms with E-state index in [1.807, 2.05) is 5.38 Å². The molecule has 2 atom stereocenters. The summed E-state index contributed by atoms with van der Waals surface area (Å²) in [6.45, 7) is 4.03. The summed E-state index contributed by atoms with van der Waals surface area (Å²) < 4.78 is 23.6. The van der Waals surface area contributed by atoms with Gasteiger partial charge in [0.2, 0.25) is 0 Å². The number of nitrogens with one attached hydrogen (secondary N) is 1. The molecule has 0 saturated carbocycles. The smallest absolute Gasteiger partial charge is 0.346 e. The molecule has 11 nitrogen and oxygen atoms in total. The molecule has 0 bridgehead atoms. The van der Waals surface area contributed by atoms with Crippen molar-refractivity contribution in [2.75, 3.05) is 11.9 Å². The standard InChI is InChI=1S/C23H26N5O6PS/c1-3-13(2)8-9-28-23(31)19(21(30)20(26-28)17-5-4-10-36-17)22-25-15-7-6-14(34-12-18(24)29)11-16(15)35(32,33)27-22/h4-7,10-11,13,30H,3,8-9,12H2,1-2H3,(H2,24,29)(H2,25,27,32,33). The van der Waals surface area contributed by atoms with E-state index >= 15 is 0 Å². The normalized spacial score (nSPS) is 17.6. The van der Waals surface area contributed by atoms with Gasteiger partial charge in [0.05, 0.1) is 15.9 Å². The number of hydrogen-bond donors (Lipinski definition) is 4. The lowest BCUT2D eigenvalue weighted by Crippen LogP contribution is -2.34. The van der Waals surface area contributed by atoms with Gasteiger partial charge in [0, 0.05) is 6.54 Å². The van der Waals surface area contributed by atoms with E-state index in [0.29, 0.717) is 23.8 Å². The number of amides is 1. The van der Waals surface area contributed by atoms with Crippen molar-refractivity contribution in [1.82, 2.24) is 9.78 Å². The Balaban J connectivity index is 1.81. The Hall–Kier alpha value is -3.47. The number of anilines is 1. The van der Waals surface area contributed by atoms with Gasteiger partial charge in [0.1, 0.15) is 17.0 Å². The average Bonchev–Trinajstić information content (AvgIpc) is 3.36. The molecule has 0 saturated heterocycles. The largest absolute Gasteiger partial charge is 0.505 e. The molecular weight excluding hydrogens is 505 g/mol. The summed E-state index contributed by atoms with van der Waals surface area (Å²) in [6.07, 6.45) is 1.62. The molecule has 0 aliphatic carbocycles. The summed E-state index contributed by atoms with van der Waals surface area (Å²) in [5.41, 5.74) is 4.60. The number of ether oxygens (including phenoxy) is 1. The number of aromatic hydroxyl groups is 1. The van der Waals surface area contributed by atoms with E-state index in [1.165, 1.54) is 34.2 Å². The molecule has 4 rings (SSSR count). The maximum absolute atomic E-state index is 13.4. The number of nitrogens with zero attached hydrogens (tertiary/aromatic N) is 3. The van der Waals surface area contributed by atoms with Crippen molar-refractivity contribution in [3.05, 3.63) is 51.6 Å². The first-order chi connectivity index (χ1) is 17.1. The highest BCUT2D eigenvalue weighted by Crippen LogP contribution is 2.48. The van der Waals surface area contributed by atoms with Gasteiger partial charge in [-0.1, -0.05) is 26.3 Å². The van der Waals surface area contributed by atoms with E-state index in [1.54, 1.807) is 12.1 Å². The van der Waals surface area contributed by atoms with Crippen LogP contribution in [0, 0.1) is 5.92 Å². The maximum Gasteiger partial charge on any atom is 0.346 e. The first-order valence-electron chi connectivity index (χ1n) is 11.2. The van der Waals surface area contributed by atoms with Gasteiger partial charge in [-0.15, -0.1) is 11.3 Å². The fourth-order valence-electron chi connectivity index (χ4n) is 3.61. The predicted molar refractivity (Wildman–Crippen MR) is 138 cm³/mol. The molecule has 0 spiro atoms. The molecule has 0 fully saturated rings. The van der Waals surface area contributed by atoms with E-state index in [2.05, 4.69) is 29.0 Å². The molecular formula is C23H26N5O6PS. The number of rotatable bonds is 9. The van der Waals surface area contributed by atoms with Crippen molar-refractivity contribution in [1.29, 1.82) is 0 Å². The van der Waals surface area contributed by atoms with Gasteiger partial charge >= 0.3 is 7.52 Å². The topological polar surface area (TPSA) is 169 Å². The zero-order valence-electron chi connectivity index (χ0n) is 19.7. The quantitative estimate of drug-likeness (QED) is 0.306. The lowest BCUT2D eigenvalue weighted by molar-refractivity contribution is -0.119. The number of aryl methyl sites for hydroxylation is 1. The second-order valence-corrected chi connectivity index (χ2v) is 11.1. The molecule has 1 aromatic carbocycles. The van der Waals surface area contributed by atoms with Crippen LogP contribution in [-0.2, 0) is 15.9 Å². The molecule has 1 aliphatic rings. The molecule has 3 heterocycles. The number of primary amides is 1. The number of amidine groups is 1. The number of nitrogens with two attached hydrogens (primary N) is 1. The van der Waals surface area contributed by atoms with Gasteiger partial charge in [0.15, 0.2) is 18.2 Å². The monoisotopic (exact) mass is 531 g/mol. The molecule has 2 unspecified atom stereocenters. The second kappa shape index (κ2) is 10.3. The van der Waals surface area contributed by atoms with Crippen molar-refractivity contribution in [3.8, 4) is 22.1 Å². The molecule has 0 radical (unpaired) electrons. The number of thiophene rings is 1. The third-order valence-corrected chi connectivity index (χ3v) is 8.15. The van der Waals surface area contributed by atoms with E-state index in [-0.39, 0.29) is 33.8 Å². The zero-order valence-corrected chi connectivity index (χ0v) is 21.4. The van der Waals surface area contributed by atoms with Crippen LogP contribution in [0.15, 0.2) is 45.3 Å². The van der Waals surface area contributed by atoms with E-state index in [0.717, 1.165) is 6.42 Å². The highest BCUT2D eigenvalue weighted by Gasteiger charge is 2.34. The number of aromatic nitrogens is 2. The summed E-state index contributed by atoms with van der Waals surface area (Å²) in [5.74, 6) is -0.863. The van der Waals surface area contributed by atoms with E-state index in [4.69, 9.17) is 10.5 Å². The molecule has 2 aromatic heterocycles. The molecule has 5 N–H and O–H groups in total. The number of carbonyl (C=O) groups is 1. The predicted octanol–water partition coefficient (Wildman–Crippen LogP) is 2.66. The van der Waals surface area contributed by atoms with Crippen LogP contribution in [0.25, 0.3) is 10.6 Å². The van der Waals surface area contributed by atoms with E-state index in [9.17, 15) is 24.2 Å². The highest BCUT2D eigenvalue weighted by atomic mass is 32.1. The number of benzene rings is 1. The SMILES string of the molecule is CCC(C)CCn1nc(-c2cccs2)c(O)c(C2=NP(=O)(O)c3cc(OCC(N)=O)ccc3N2)c1=O. The van der Waals surface area contributed by atoms with Crippen LogP contribution in [0.4, 0.5) is 5.69 Å². The van der Waals surface area contributed by atoms with Crippen molar-refractivity contribution in [3.63, 3.8) is 0 Å². The number of fused-ring (bicyclic) bond motifs is 1. The van der Waals surface area contributed by atoms with Gasteiger partial charge in [-0.3, -0.25) is 14.2 Å². The minimum absolute atomic E-state index is 0.0719. The van der Waals surface area contributed by atoms with Gasteiger partial charge in [0.25, 0.3) is 11.5 Å². The molecule has 36 heavy (non-hydrogen) atoms. The van der Waals surface area contributed by atoms with Crippen LogP contribution in [-0.4, -0.2) is 38.1 Å². The lowest BCUT2D eigenvalue weighted by Gasteiger charge is -2.23. The van der Waals surface area contributed by atoms with Gasteiger partial charge < -0.3 is 25.8 Å². The van der Waals surface area contributed by atoms with Crippen LogP contribution in [0.1, 0.15) is 32.3 Å². The summed E-state index contributed by atoms with van der Waals surface area (Å²) in [5, 5.41) is 20.1. The summed E-state index contributed by atoms with van der Waals surface area (Å²) in [4.78, 5) is 35.8. The Labute approximate surface area is 210 Å². The molecule has 190 valence electrons. The van der Waals surface area contributed by atoms with Crippen LogP contribution >= 0.6 is 18.9 Å². The Morgan fingerprint density at radius 1 is 1.36 bits per heavy atom. The lowest BCUT2D eigenvalue weighted by atomic mass is 10.1. The molecule has 13 heteroatoms. The first kappa shape index (κ1) is 25.6. The average molecular weight is 532 g/mol. The Morgan fingerprint density at radius 3 is 2.81 bits per heavy atom. The third kappa shape index (κ3) is 5.20. The van der Waals surface area contributed by atoms with Crippen molar-refractivity contribution >= 4 is 41.6 Å². The Bertz CT molecular complexity index is 1440. The Morgan fingerprint density at radius 2 is 2.14 bits per heavy atom. The minimum atomic E-state index is -4.39. The molecule has 1 aliphatic heterocycles. The van der Waals surface area contributed by atoms with Crippen molar-refractivity contribution < 1.29 is 24.1 Å². The minimum Gasteiger partial charge on any atom is -0.505 e. The fourth-order valence-corrected chi connectivity index (χ4v) is 5.59. The van der Waals surface area contributed by atoms with E-state index < -0.39 is 31.3 Å². The maximum atomic E-state index is 13.4. The summed E-state index contributed by atoms with van der Waals surface area (Å²) in [7, 11) is -4.39. The van der Waals surface area contributed by atoms with Gasteiger partial charge in [-0.2, -0.15) is 9.86 Å². The van der Waals surface area contributed by atoms with Gasteiger partial charge in [-0.05, 0) is 42.0 Å². The van der Waals surface area contributed by atoms with Crippen LogP contribution in [0.2, 0.25) is 0 Å². The van der Waals surface area contributed by atoms with Gasteiger partial charge in [-0.25, -0.2) is 4.68 Å². The first-order valence-corrected chi connectivity index (χ1v) is 13.7. The van der Waals surface area contributed by atoms with Crippen LogP contribution in [0.5, 0.6) is 11.5 Å². The molecule has 3 aromatic rings. The summed E-state index contributed by atoms with van der Waals surface area (Å²) >= 11 is 1.34. The fraction of sp³-hybridized carbons (Fsp3) is 0.304. The number of hydrogen-bond acceptors (Lipinski definition) is 8. The van der Waals surface area contributed by atoms with Crippen molar-refractivity contribution in [2.45, 2.75) is 33.2 Å². The van der Waals surface area contributed by atoms with Crippen LogP contribution in [0.3, 0.4) is 0 Å². The second-order valence-electron chi connectivity index (χ2n) is 8.43. The highest BCUT2D eigenvalue weighted by molar-refractivity contribution is 7.65. The molecule has 1 amide bonds. The third-order valence-electron chi connectivity index (χ3n) is 5.80. The Kier molecular flexibility index (Phi) is 7.30. The zero-order chi connectivity index (χ0) is 26.0. The van der Waals surface area contributed by atoms with Crippen molar-refractivity contribution in [2.24, 2.45) is 16.4 Å².